The summed E-state index contributed by atoms with van der Waals surface area (Å²) in [6.45, 7) is 3.43. The van der Waals surface area contributed by atoms with E-state index in [1.54, 1.807) is 20.3 Å². The molecule has 0 saturated heterocycles. The molecule has 0 saturated carbocycles. The summed E-state index contributed by atoms with van der Waals surface area (Å²) in [5.74, 6) is 1.32. The number of hydrogen-bond acceptors (Lipinski definition) is 4. The normalized spacial score (nSPS) is 11.0. The van der Waals surface area contributed by atoms with E-state index in [1.165, 1.54) is 13.0 Å². The summed E-state index contributed by atoms with van der Waals surface area (Å²) in [6.07, 6.45) is 3.32. The molecule has 0 aliphatic heterocycles. The molecule has 0 fully saturated rings. The Morgan fingerprint density at radius 1 is 1.15 bits per heavy atom. The van der Waals surface area contributed by atoms with E-state index < -0.39 is 0 Å². The van der Waals surface area contributed by atoms with Crippen LogP contribution in [-0.4, -0.2) is 25.0 Å². The van der Waals surface area contributed by atoms with Crippen molar-refractivity contribution in [2.45, 2.75) is 13.8 Å². The Bertz CT molecular complexity index is 690. The quantitative estimate of drug-likeness (QED) is 0.801. The monoisotopic (exact) mass is 271 g/mol. The van der Waals surface area contributed by atoms with E-state index in [-0.39, 0.29) is 5.78 Å². The highest BCUT2D eigenvalue weighted by atomic mass is 16.5. The number of benzene rings is 1. The second kappa shape index (κ2) is 5.74. The van der Waals surface area contributed by atoms with Gasteiger partial charge in [-0.15, -0.1) is 0 Å². The number of allylic oxidation sites excluding steroid dienone is 1. The molecular formula is C16H17NO3. The molecule has 0 radical (unpaired) electrons. The van der Waals surface area contributed by atoms with Gasteiger partial charge in [0.2, 0.25) is 0 Å². The molecule has 0 unspecified atom stereocenters. The fourth-order valence-corrected chi connectivity index (χ4v) is 1.99. The lowest BCUT2D eigenvalue weighted by Crippen LogP contribution is -1.94. The van der Waals surface area contributed by atoms with Gasteiger partial charge >= 0.3 is 0 Å². The number of carbonyl (C=O) groups is 1. The van der Waals surface area contributed by atoms with E-state index in [2.05, 4.69) is 4.98 Å². The number of nitrogens with zero attached hydrogens (tertiary/aromatic N) is 1. The van der Waals surface area contributed by atoms with Crippen LogP contribution in [0.1, 0.15) is 18.2 Å². The second-order valence-electron chi connectivity index (χ2n) is 4.51. The predicted octanol–water partition coefficient (Wildman–Crippen LogP) is 3.16. The molecule has 2 rings (SSSR count). The van der Waals surface area contributed by atoms with Crippen molar-refractivity contribution in [1.29, 1.82) is 0 Å². The van der Waals surface area contributed by atoms with Crippen LogP contribution in [0.15, 0.2) is 24.3 Å². The lowest BCUT2D eigenvalue weighted by Gasteiger charge is -2.10. The molecular weight excluding hydrogens is 254 g/mol. The molecule has 1 heterocycles. The maximum absolute atomic E-state index is 11.0. The zero-order valence-electron chi connectivity index (χ0n) is 12.1. The van der Waals surface area contributed by atoms with Crippen LogP contribution in [0.3, 0.4) is 0 Å². The summed E-state index contributed by atoms with van der Waals surface area (Å²) in [7, 11) is 3.20. The first kappa shape index (κ1) is 14.1. The minimum Gasteiger partial charge on any atom is -0.493 e. The highest BCUT2D eigenvalue weighted by molar-refractivity contribution is 5.92. The largest absolute Gasteiger partial charge is 0.493 e. The molecule has 20 heavy (non-hydrogen) atoms. The van der Waals surface area contributed by atoms with Gasteiger partial charge in [-0.1, -0.05) is 0 Å². The Hall–Kier alpha value is -2.36. The number of fused-ring (bicyclic) bond motifs is 1. The van der Waals surface area contributed by atoms with Gasteiger partial charge in [0.05, 0.1) is 19.7 Å². The molecule has 4 heteroatoms. The van der Waals surface area contributed by atoms with Crippen molar-refractivity contribution in [3.05, 3.63) is 35.5 Å². The Morgan fingerprint density at radius 2 is 1.80 bits per heavy atom. The summed E-state index contributed by atoms with van der Waals surface area (Å²) < 4.78 is 10.6. The van der Waals surface area contributed by atoms with Gasteiger partial charge in [-0.3, -0.25) is 9.78 Å². The average molecular weight is 271 g/mol. The molecule has 0 atom stereocenters. The van der Waals surface area contributed by atoms with Crippen LogP contribution in [0.2, 0.25) is 0 Å². The molecule has 0 aliphatic rings. The van der Waals surface area contributed by atoms with Gasteiger partial charge in [0.1, 0.15) is 0 Å². The first-order chi connectivity index (χ1) is 9.55. The molecule has 0 N–H and O–H groups in total. The molecule has 0 spiro atoms. The Morgan fingerprint density at radius 3 is 2.40 bits per heavy atom. The number of pyridine rings is 1. The second-order valence-corrected chi connectivity index (χ2v) is 4.51. The van der Waals surface area contributed by atoms with Crippen LogP contribution in [0.4, 0.5) is 0 Å². The fraction of sp³-hybridized carbons (Fsp3) is 0.250. The average Bonchev–Trinajstić information content (AvgIpc) is 2.43. The summed E-state index contributed by atoms with van der Waals surface area (Å²) in [4.78, 5) is 15.6. The van der Waals surface area contributed by atoms with E-state index in [0.29, 0.717) is 11.5 Å². The van der Waals surface area contributed by atoms with Crippen molar-refractivity contribution in [3.8, 4) is 11.5 Å². The van der Waals surface area contributed by atoms with Crippen LogP contribution in [0.5, 0.6) is 11.5 Å². The zero-order valence-corrected chi connectivity index (χ0v) is 12.1. The first-order valence-corrected chi connectivity index (χ1v) is 6.27. The molecule has 0 aliphatic carbocycles. The van der Waals surface area contributed by atoms with Crippen molar-refractivity contribution in [2.75, 3.05) is 14.2 Å². The van der Waals surface area contributed by atoms with Crippen molar-refractivity contribution < 1.29 is 14.3 Å². The first-order valence-electron chi connectivity index (χ1n) is 6.27. The van der Waals surface area contributed by atoms with Crippen molar-refractivity contribution in [2.24, 2.45) is 0 Å². The van der Waals surface area contributed by atoms with Crippen LogP contribution >= 0.6 is 0 Å². The van der Waals surface area contributed by atoms with Crippen LogP contribution in [0, 0.1) is 6.92 Å². The third-order valence-corrected chi connectivity index (χ3v) is 3.05. The molecule has 0 bridgehead atoms. The summed E-state index contributed by atoms with van der Waals surface area (Å²) >= 11 is 0. The lowest BCUT2D eigenvalue weighted by molar-refractivity contribution is -0.112. The highest BCUT2D eigenvalue weighted by Crippen LogP contribution is 2.32. The highest BCUT2D eigenvalue weighted by Gasteiger charge is 2.08. The Kier molecular flexibility index (Phi) is 4.03. The summed E-state index contributed by atoms with van der Waals surface area (Å²) in [5, 5.41) is 0.941. The van der Waals surface area contributed by atoms with Crippen LogP contribution in [-0.2, 0) is 4.79 Å². The molecule has 2 aromatic rings. The molecule has 0 amide bonds. The van der Waals surface area contributed by atoms with E-state index in [0.717, 1.165) is 22.2 Å². The number of methoxy groups -OCH3 is 2. The zero-order chi connectivity index (χ0) is 14.7. The third kappa shape index (κ3) is 2.79. The Balaban J connectivity index is 2.60. The fourth-order valence-electron chi connectivity index (χ4n) is 1.99. The lowest BCUT2D eigenvalue weighted by atomic mass is 10.1. The van der Waals surface area contributed by atoms with Crippen molar-refractivity contribution in [1.82, 2.24) is 4.98 Å². The SMILES string of the molecule is COc1cc2cc(/C=C/C(C)=O)c(C)nc2cc1OC. The van der Waals surface area contributed by atoms with Gasteiger partial charge in [-0.25, -0.2) is 0 Å². The van der Waals surface area contributed by atoms with E-state index in [1.807, 2.05) is 25.1 Å². The van der Waals surface area contributed by atoms with E-state index in [4.69, 9.17) is 9.47 Å². The minimum atomic E-state index is 0.0109. The minimum absolute atomic E-state index is 0.0109. The number of hydrogen-bond donors (Lipinski definition) is 0. The number of ether oxygens (including phenoxy) is 2. The van der Waals surface area contributed by atoms with Gasteiger partial charge in [0, 0.05) is 17.1 Å². The topological polar surface area (TPSA) is 48.4 Å². The maximum Gasteiger partial charge on any atom is 0.162 e. The maximum atomic E-state index is 11.0. The third-order valence-electron chi connectivity index (χ3n) is 3.05. The van der Waals surface area contributed by atoms with Gasteiger partial charge in [0.25, 0.3) is 0 Å². The number of aryl methyl sites for hydroxylation is 1. The van der Waals surface area contributed by atoms with Gasteiger partial charge in [0.15, 0.2) is 17.3 Å². The molecule has 4 nitrogen and oxygen atoms in total. The number of ketones is 1. The number of carbonyl (C=O) groups excluding carboxylic acids is 1. The molecule has 1 aromatic heterocycles. The smallest absolute Gasteiger partial charge is 0.162 e. The van der Waals surface area contributed by atoms with E-state index >= 15 is 0 Å². The van der Waals surface area contributed by atoms with Crippen molar-refractivity contribution in [3.63, 3.8) is 0 Å². The van der Waals surface area contributed by atoms with Gasteiger partial charge in [-0.2, -0.15) is 0 Å². The molecule has 1 aromatic carbocycles. The molecule has 104 valence electrons. The predicted molar refractivity (Wildman–Crippen MR) is 79.3 cm³/mol. The van der Waals surface area contributed by atoms with Gasteiger partial charge < -0.3 is 9.47 Å². The van der Waals surface area contributed by atoms with Crippen LogP contribution < -0.4 is 9.47 Å². The summed E-state index contributed by atoms with van der Waals surface area (Å²) in [5.41, 5.74) is 2.61. The van der Waals surface area contributed by atoms with E-state index in [9.17, 15) is 4.79 Å². The van der Waals surface area contributed by atoms with Crippen LogP contribution in [0.25, 0.3) is 17.0 Å². The standard InChI is InChI=1S/C16H17NO3/c1-10(18)5-6-12-7-13-8-15(19-3)16(20-4)9-14(13)17-11(12)2/h5-9H,1-4H3/b6-5+. The summed E-state index contributed by atoms with van der Waals surface area (Å²) in [6, 6.07) is 5.71. The van der Waals surface area contributed by atoms with Crippen molar-refractivity contribution >= 4 is 22.8 Å². The number of aromatic nitrogens is 1. The van der Waals surface area contributed by atoms with Gasteiger partial charge in [-0.05, 0) is 43.7 Å². The Labute approximate surface area is 118 Å². The number of rotatable bonds is 4.